The highest BCUT2D eigenvalue weighted by Crippen LogP contribution is 2.15. The summed E-state index contributed by atoms with van der Waals surface area (Å²) in [5.74, 6) is 1.58. The quantitative estimate of drug-likeness (QED) is 0.814. The molecule has 4 heteroatoms. The molecule has 0 aliphatic heterocycles. The monoisotopic (exact) mass is 233 g/mol. The predicted molar refractivity (Wildman–Crippen MR) is 66.0 cm³/mol. The van der Waals surface area contributed by atoms with Crippen LogP contribution in [-0.2, 0) is 6.54 Å². The Labute approximate surface area is 102 Å². The van der Waals surface area contributed by atoms with Crippen LogP contribution in [0, 0.1) is 0 Å². The summed E-state index contributed by atoms with van der Waals surface area (Å²) < 4.78 is 7.45. The van der Waals surface area contributed by atoms with Crippen LogP contribution in [0.5, 0.6) is 0 Å². The Hall–Kier alpha value is -1.58. The lowest BCUT2D eigenvalue weighted by atomic mass is 10.2. The van der Waals surface area contributed by atoms with Crippen LogP contribution in [0.15, 0.2) is 23.2 Å². The second-order valence-electron chi connectivity index (χ2n) is 4.96. The first-order valence-electron chi connectivity index (χ1n) is 6.02. The van der Waals surface area contributed by atoms with Gasteiger partial charge in [-0.25, -0.2) is 9.97 Å². The van der Waals surface area contributed by atoms with E-state index in [4.69, 9.17) is 4.42 Å². The Balaban J connectivity index is 2.08. The molecule has 0 saturated carbocycles. The van der Waals surface area contributed by atoms with Gasteiger partial charge in [-0.1, -0.05) is 27.7 Å². The van der Waals surface area contributed by atoms with Gasteiger partial charge in [-0.15, -0.1) is 0 Å². The maximum absolute atomic E-state index is 5.41. The maximum atomic E-state index is 5.41. The molecule has 2 rings (SSSR count). The first-order chi connectivity index (χ1) is 8.06. The van der Waals surface area contributed by atoms with Gasteiger partial charge in [-0.2, -0.15) is 0 Å². The van der Waals surface area contributed by atoms with Crippen molar-refractivity contribution in [2.45, 2.75) is 46.1 Å². The Morgan fingerprint density at radius 1 is 1.24 bits per heavy atom. The third-order valence-corrected chi connectivity index (χ3v) is 2.65. The minimum absolute atomic E-state index is 0.331. The molecule has 0 fully saturated rings. The molecule has 2 heterocycles. The van der Waals surface area contributed by atoms with E-state index in [1.807, 2.05) is 10.9 Å². The van der Waals surface area contributed by atoms with Gasteiger partial charge in [0.2, 0.25) is 0 Å². The van der Waals surface area contributed by atoms with Gasteiger partial charge in [0.05, 0.1) is 24.3 Å². The van der Waals surface area contributed by atoms with Crippen molar-refractivity contribution in [3.63, 3.8) is 0 Å². The molecule has 0 atom stereocenters. The summed E-state index contributed by atoms with van der Waals surface area (Å²) in [4.78, 5) is 8.80. The van der Waals surface area contributed by atoms with Crippen molar-refractivity contribution in [3.05, 3.63) is 36.1 Å². The van der Waals surface area contributed by atoms with E-state index in [-0.39, 0.29) is 0 Å². The summed E-state index contributed by atoms with van der Waals surface area (Å²) >= 11 is 0. The van der Waals surface area contributed by atoms with Gasteiger partial charge in [0, 0.05) is 12.1 Å². The lowest BCUT2D eigenvalue weighted by Gasteiger charge is -1.99. The second kappa shape index (κ2) is 4.73. The average Bonchev–Trinajstić information content (AvgIpc) is 2.87. The molecule has 2 aromatic heterocycles. The van der Waals surface area contributed by atoms with Crippen LogP contribution in [0.2, 0.25) is 0 Å². The molecule has 2 aromatic rings. The van der Waals surface area contributed by atoms with Gasteiger partial charge in [0.15, 0.2) is 5.89 Å². The molecule has 0 amide bonds. The van der Waals surface area contributed by atoms with E-state index in [1.165, 1.54) is 0 Å². The molecule has 0 unspecified atom stereocenters. The van der Waals surface area contributed by atoms with E-state index in [0.717, 1.165) is 23.8 Å². The lowest BCUT2D eigenvalue weighted by Crippen LogP contribution is -1.97. The Morgan fingerprint density at radius 3 is 2.53 bits per heavy atom. The molecule has 4 nitrogen and oxygen atoms in total. The van der Waals surface area contributed by atoms with Crippen LogP contribution in [0.3, 0.4) is 0 Å². The molecule has 0 radical (unpaired) electrons. The van der Waals surface area contributed by atoms with Gasteiger partial charge in [-0.05, 0) is 5.92 Å². The van der Waals surface area contributed by atoms with Gasteiger partial charge in [-0.3, -0.25) is 0 Å². The molecule has 0 spiro atoms. The van der Waals surface area contributed by atoms with E-state index in [1.54, 1.807) is 6.26 Å². The summed E-state index contributed by atoms with van der Waals surface area (Å²) in [5, 5.41) is 0. The van der Waals surface area contributed by atoms with Gasteiger partial charge < -0.3 is 8.98 Å². The molecule has 0 aromatic carbocycles. The van der Waals surface area contributed by atoms with E-state index in [2.05, 4.69) is 43.9 Å². The molecular formula is C13H19N3O. The van der Waals surface area contributed by atoms with E-state index in [0.29, 0.717) is 11.8 Å². The van der Waals surface area contributed by atoms with Crippen LogP contribution in [-0.4, -0.2) is 14.5 Å². The third kappa shape index (κ3) is 2.75. The van der Waals surface area contributed by atoms with Crippen molar-refractivity contribution < 1.29 is 4.42 Å². The van der Waals surface area contributed by atoms with Crippen molar-refractivity contribution in [1.82, 2.24) is 14.5 Å². The number of rotatable bonds is 4. The maximum Gasteiger partial charge on any atom is 0.196 e. The fraction of sp³-hybridized carbons (Fsp3) is 0.538. The molecule has 0 aliphatic carbocycles. The molecule has 92 valence electrons. The summed E-state index contributed by atoms with van der Waals surface area (Å²) in [7, 11) is 0. The minimum atomic E-state index is 0.331. The summed E-state index contributed by atoms with van der Waals surface area (Å²) in [6, 6.07) is 0. The van der Waals surface area contributed by atoms with Crippen LogP contribution >= 0.6 is 0 Å². The number of imidazole rings is 1. The lowest BCUT2D eigenvalue weighted by molar-refractivity contribution is 0.470. The third-order valence-electron chi connectivity index (χ3n) is 2.65. The summed E-state index contributed by atoms with van der Waals surface area (Å²) in [6.07, 6.45) is 5.64. The van der Waals surface area contributed by atoms with Crippen LogP contribution < -0.4 is 0 Å². The van der Waals surface area contributed by atoms with E-state index < -0.39 is 0 Å². The summed E-state index contributed by atoms with van der Waals surface area (Å²) in [5.41, 5.74) is 2.05. The normalized spacial score (nSPS) is 11.6. The first-order valence-corrected chi connectivity index (χ1v) is 6.02. The molecule has 0 bridgehead atoms. The largest absolute Gasteiger partial charge is 0.448 e. The zero-order chi connectivity index (χ0) is 12.4. The molecule has 0 saturated heterocycles. The number of aromatic nitrogens is 3. The van der Waals surface area contributed by atoms with Crippen molar-refractivity contribution in [2.24, 2.45) is 0 Å². The second-order valence-corrected chi connectivity index (χ2v) is 4.96. The van der Waals surface area contributed by atoms with Crippen molar-refractivity contribution in [3.8, 4) is 0 Å². The zero-order valence-electron chi connectivity index (χ0n) is 10.8. The van der Waals surface area contributed by atoms with Crippen LogP contribution in [0.25, 0.3) is 0 Å². The average molecular weight is 233 g/mol. The molecule has 17 heavy (non-hydrogen) atoms. The smallest absolute Gasteiger partial charge is 0.196 e. The van der Waals surface area contributed by atoms with E-state index in [9.17, 15) is 0 Å². The molecule has 0 N–H and O–H groups in total. The highest BCUT2D eigenvalue weighted by molar-refractivity contribution is 5.05. The molecular weight excluding hydrogens is 214 g/mol. The fourth-order valence-electron chi connectivity index (χ4n) is 1.61. The Bertz CT molecular complexity index is 438. The topological polar surface area (TPSA) is 43.9 Å². The number of hydrogen-bond donors (Lipinski definition) is 0. The SMILES string of the molecule is CC(C)c1cn(Cc2coc(C(C)C)n2)cn1. The fourth-order valence-corrected chi connectivity index (χ4v) is 1.61. The van der Waals surface area contributed by atoms with Crippen molar-refractivity contribution >= 4 is 0 Å². The number of oxazole rings is 1. The minimum Gasteiger partial charge on any atom is -0.448 e. The predicted octanol–water partition coefficient (Wildman–Crippen LogP) is 3.17. The number of nitrogens with zero attached hydrogens (tertiary/aromatic N) is 3. The van der Waals surface area contributed by atoms with E-state index >= 15 is 0 Å². The molecule has 0 aliphatic rings. The zero-order valence-corrected chi connectivity index (χ0v) is 10.8. The standard InChI is InChI=1S/C13H19N3O/c1-9(2)12-6-16(8-14-12)5-11-7-17-13(15-11)10(3)4/h6-10H,5H2,1-4H3. The highest BCUT2D eigenvalue weighted by Gasteiger charge is 2.09. The highest BCUT2D eigenvalue weighted by atomic mass is 16.3. The Morgan fingerprint density at radius 2 is 2.00 bits per heavy atom. The van der Waals surface area contributed by atoms with Crippen LogP contribution in [0.4, 0.5) is 0 Å². The van der Waals surface area contributed by atoms with Crippen molar-refractivity contribution in [2.75, 3.05) is 0 Å². The van der Waals surface area contributed by atoms with Crippen molar-refractivity contribution in [1.29, 1.82) is 0 Å². The van der Waals surface area contributed by atoms with Crippen LogP contribution in [0.1, 0.15) is 56.8 Å². The first kappa shape index (κ1) is 11.9. The summed E-state index contributed by atoms with van der Waals surface area (Å²) in [6.45, 7) is 9.14. The number of hydrogen-bond acceptors (Lipinski definition) is 3. The van der Waals surface area contributed by atoms with Gasteiger partial charge in [0.1, 0.15) is 6.26 Å². The Kier molecular flexibility index (Phi) is 3.31. The van der Waals surface area contributed by atoms with Gasteiger partial charge in [0.25, 0.3) is 0 Å². The van der Waals surface area contributed by atoms with Gasteiger partial charge >= 0.3 is 0 Å².